The molecule has 0 amide bonds. The number of rotatable bonds is 5. The van der Waals surface area contributed by atoms with E-state index in [1.807, 2.05) is 0 Å². The van der Waals surface area contributed by atoms with E-state index in [0.717, 1.165) is 11.8 Å². The highest BCUT2D eigenvalue weighted by molar-refractivity contribution is 7.89. The van der Waals surface area contributed by atoms with Crippen LogP contribution < -0.4 is 10.5 Å². The number of aromatic carboxylic acids is 1. The SMILES string of the molecule is Cc1csc(CNS(=O)(=O)c2ccc(N)cc2C(=O)O)n1. The molecule has 1 aromatic heterocycles. The van der Waals surface area contributed by atoms with Gasteiger partial charge in [-0.25, -0.2) is 22.9 Å². The molecule has 21 heavy (non-hydrogen) atoms. The zero-order valence-electron chi connectivity index (χ0n) is 11.0. The molecule has 2 rings (SSSR count). The largest absolute Gasteiger partial charge is 0.478 e. The molecule has 2 aromatic rings. The molecule has 0 spiro atoms. The third-order valence-electron chi connectivity index (χ3n) is 2.60. The summed E-state index contributed by atoms with van der Waals surface area (Å²) < 4.78 is 26.8. The van der Waals surface area contributed by atoms with Crippen LogP contribution in [0, 0.1) is 6.92 Å². The van der Waals surface area contributed by atoms with E-state index in [9.17, 15) is 13.2 Å². The van der Waals surface area contributed by atoms with Gasteiger partial charge in [-0.2, -0.15) is 0 Å². The van der Waals surface area contributed by atoms with Gasteiger partial charge in [-0.15, -0.1) is 11.3 Å². The van der Waals surface area contributed by atoms with Crippen molar-refractivity contribution in [2.24, 2.45) is 0 Å². The molecular formula is C12H13N3O4S2. The van der Waals surface area contributed by atoms with Crippen LogP contribution in [0.4, 0.5) is 5.69 Å². The van der Waals surface area contributed by atoms with Gasteiger partial charge in [0.2, 0.25) is 10.0 Å². The van der Waals surface area contributed by atoms with Gasteiger partial charge in [-0.05, 0) is 25.1 Å². The average Bonchev–Trinajstić information content (AvgIpc) is 2.82. The van der Waals surface area contributed by atoms with Crippen LogP contribution in [0.5, 0.6) is 0 Å². The molecule has 0 aliphatic heterocycles. The molecule has 0 saturated heterocycles. The lowest BCUT2D eigenvalue weighted by Gasteiger charge is -2.09. The Labute approximate surface area is 125 Å². The fourth-order valence-corrected chi connectivity index (χ4v) is 3.64. The topological polar surface area (TPSA) is 122 Å². The molecule has 0 aliphatic rings. The first kappa shape index (κ1) is 15.4. The summed E-state index contributed by atoms with van der Waals surface area (Å²) in [6.45, 7) is 1.81. The van der Waals surface area contributed by atoms with Gasteiger partial charge in [-0.3, -0.25) is 0 Å². The number of carboxylic acids is 1. The number of aromatic nitrogens is 1. The van der Waals surface area contributed by atoms with E-state index in [0.29, 0.717) is 5.01 Å². The first-order chi connectivity index (χ1) is 9.79. The molecule has 1 aromatic carbocycles. The number of carboxylic acid groups (broad SMARTS) is 1. The first-order valence-electron chi connectivity index (χ1n) is 5.83. The van der Waals surface area contributed by atoms with Crippen LogP contribution in [0.3, 0.4) is 0 Å². The van der Waals surface area contributed by atoms with Crippen LogP contribution in [0.15, 0.2) is 28.5 Å². The van der Waals surface area contributed by atoms with Crippen LogP contribution in [-0.4, -0.2) is 24.5 Å². The Kier molecular flexibility index (Phi) is 4.26. The summed E-state index contributed by atoms with van der Waals surface area (Å²) in [5.74, 6) is -1.35. The number of sulfonamides is 1. The van der Waals surface area contributed by atoms with Gasteiger partial charge in [0, 0.05) is 16.8 Å². The van der Waals surface area contributed by atoms with E-state index in [1.54, 1.807) is 12.3 Å². The number of carbonyl (C=O) groups is 1. The number of hydrogen-bond donors (Lipinski definition) is 3. The lowest BCUT2D eigenvalue weighted by molar-refractivity contribution is 0.0692. The van der Waals surface area contributed by atoms with Crippen molar-refractivity contribution in [3.05, 3.63) is 39.8 Å². The Hall–Kier alpha value is -1.97. The van der Waals surface area contributed by atoms with Crippen molar-refractivity contribution in [3.8, 4) is 0 Å². The van der Waals surface area contributed by atoms with Crippen LogP contribution in [0.1, 0.15) is 21.1 Å². The van der Waals surface area contributed by atoms with E-state index < -0.39 is 16.0 Å². The van der Waals surface area contributed by atoms with Crippen molar-refractivity contribution in [1.29, 1.82) is 0 Å². The second-order valence-electron chi connectivity index (χ2n) is 4.27. The van der Waals surface area contributed by atoms with E-state index >= 15 is 0 Å². The molecule has 7 nitrogen and oxygen atoms in total. The molecule has 0 fully saturated rings. The van der Waals surface area contributed by atoms with Crippen molar-refractivity contribution in [3.63, 3.8) is 0 Å². The maximum Gasteiger partial charge on any atom is 0.337 e. The molecule has 0 saturated carbocycles. The fraction of sp³-hybridized carbons (Fsp3) is 0.167. The van der Waals surface area contributed by atoms with E-state index in [1.165, 1.54) is 23.5 Å². The third kappa shape index (κ3) is 3.57. The lowest BCUT2D eigenvalue weighted by atomic mass is 10.2. The predicted molar refractivity (Wildman–Crippen MR) is 78.7 cm³/mol. The van der Waals surface area contributed by atoms with E-state index in [2.05, 4.69) is 9.71 Å². The molecule has 9 heteroatoms. The second kappa shape index (κ2) is 5.80. The Morgan fingerprint density at radius 2 is 2.19 bits per heavy atom. The predicted octanol–water partition coefficient (Wildman–Crippen LogP) is 1.21. The maximum atomic E-state index is 12.2. The first-order valence-corrected chi connectivity index (χ1v) is 8.19. The molecule has 4 N–H and O–H groups in total. The minimum absolute atomic E-state index is 0.00424. The minimum atomic E-state index is -3.96. The van der Waals surface area contributed by atoms with E-state index in [4.69, 9.17) is 10.8 Å². The molecule has 0 aliphatic carbocycles. The van der Waals surface area contributed by atoms with Gasteiger partial charge in [-0.1, -0.05) is 0 Å². The highest BCUT2D eigenvalue weighted by Gasteiger charge is 2.22. The fourth-order valence-electron chi connectivity index (χ4n) is 1.67. The highest BCUT2D eigenvalue weighted by Crippen LogP contribution is 2.19. The number of anilines is 1. The Morgan fingerprint density at radius 3 is 2.76 bits per heavy atom. The van der Waals surface area contributed by atoms with Crippen molar-refractivity contribution < 1.29 is 18.3 Å². The zero-order chi connectivity index (χ0) is 15.6. The number of nitrogen functional groups attached to an aromatic ring is 1. The van der Waals surface area contributed by atoms with Gasteiger partial charge in [0.1, 0.15) is 5.01 Å². The summed E-state index contributed by atoms with van der Waals surface area (Å²) in [6, 6.07) is 3.63. The van der Waals surface area contributed by atoms with Crippen LogP contribution >= 0.6 is 11.3 Å². The monoisotopic (exact) mass is 327 g/mol. The van der Waals surface area contributed by atoms with Gasteiger partial charge >= 0.3 is 5.97 Å². The number of hydrogen-bond acceptors (Lipinski definition) is 6. The summed E-state index contributed by atoms with van der Waals surface area (Å²) in [4.78, 5) is 15.0. The van der Waals surface area contributed by atoms with Crippen LogP contribution in [0.2, 0.25) is 0 Å². The highest BCUT2D eigenvalue weighted by atomic mass is 32.2. The maximum absolute atomic E-state index is 12.2. The summed E-state index contributed by atoms with van der Waals surface area (Å²) in [6.07, 6.45) is 0. The number of nitrogens with two attached hydrogens (primary N) is 1. The smallest absolute Gasteiger partial charge is 0.337 e. The van der Waals surface area contributed by atoms with E-state index in [-0.39, 0.29) is 22.7 Å². The molecule has 0 unspecified atom stereocenters. The number of benzene rings is 1. The average molecular weight is 327 g/mol. The number of nitrogens with zero attached hydrogens (tertiary/aromatic N) is 1. The van der Waals surface area contributed by atoms with Gasteiger partial charge < -0.3 is 10.8 Å². The van der Waals surface area contributed by atoms with Crippen molar-refractivity contribution in [1.82, 2.24) is 9.71 Å². The lowest BCUT2D eigenvalue weighted by Crippen LogP contribution is -2.25. The molecule has 112 valence electrons. The van der Waals surface area contributed by atoms with Crippen molar-refractivity contribution in [2.75, 3.05) is 5.73 Å². The number of nitrogens with one attached hydrogen (secondary N) is 1. The van der Waals surface area contributed by atoms with Gasteiger partial charge in [0.05, 0.1) is 17.0 Å². The normalized spacial score (nSPS) is 11.5. The minimum Gasteiger partial charge on any atom is -0.478 e. The molecular weight excluding hydrogens is 314 g/mol. The third-order valence-corrected chi connectivity index (χ3v) is 5.03. The van der Waals surface area contributed by atoms with Crippen LogP contribution in [-0.2, 0) is 16.6 Å². The van der Waals surface area contributed by atoms with Gasteiger partial charge in [0.15, 0.2) is 0 Å². The van der Waals surface area contributed by atoms with Gasteiger partial charge in [0.25, 0.3) is 0 Å². The molecule has 0 bridgehead atoms. The second-order valence-corrected chi connectivity index (χ2v) is 6.95. The van der Waals surface area contributed by atoms with Crippen molar-refractivity contribution in [2.45, 2.75) is 18.4 Å². The Morgan fingerprint density at radius 1 is 1.48 bits per heavy atom. The molecule has 0 atom stereocenters. The number of thiazole rings is 1. The Balaban J connectivity index is 2.29. The summed E-state index contributed by atoms with van der Waals surface area (Å²) in [5.41, 5.74) is 6.11. The Bertz CT molecular complexity index is 784. The quantitative estimate of drug-likeness (QED) is 0.709. The molecule has 0 radical (unpaired) electrons. The van der Waals surface area contributed by atoms with Crippen LogP contribution in [0.25, 0.3) is 0 Å². The molecule has 1 heterocycles. The summed E-state index contributed by atoms with van der Waals surface area (Å²) >= 11 is 1.32. The standard InChI is InChI=1S/C12H13N3O4S2/c1-7-6-20-11(15-7)5-14-21(18,19)10-3-2-8(13)4-9(10)12(16)17/h2-4,6,14H,5,13H2,1H3,(H,16,17). The van der Waals surface area contributed by atoms with Crippen molar-refractivity contribution >= 4 is 33.0 Å². The summed E-state index contributed by atoms with van der Waals surface area (Å²) in [7, 11) is -3.96. The zero-order valence-corrected chi connectivity index (χ0v) is 12.7. The number of aryl methyl sites for hydroxylation is 1. The summed E-state index contributed by atoms with van der Waals surface area (Å²) in [5, 5.41) is 11.5.